The van der Waals surface area contributed by atoms with Gasteiger partial charge in [-0.25, -0.2) is 4.79 Å². The van der Waals surface area contributed by atoms with Crippen molar-refractivity contribution < 1.29 is 24.4 Å². The number of carboxylic acid groups (broad SMARTS) is 1. The number of nitro benzene ring substituents is 1. The summed E-state index contributed by atoms with van der Waals surface area (Å²) in [5, 5.41) is 20.1. The molecule has 140 valence electrons. The van der Waals surface area contributed by atoms with Crippen LogP contribution in [-0.2, 0) is 0 Å². The van der Waals surface area contributed by atoms with Gasteiger partial charge in [0.2, 0.25) is 0 Å². The molecule has 27 heavy (non-hydrogen) atoms. The fourth-order valence-corrected chi connectivity index (χ4v) is 3.01. The van der Waals surface area contributed by atoms with E-state index in [4.69, 9.17) is 9.84 Å². The predicted molar refractivity (Wildman–Crippen MR) is 96.1 cm³/mol. The van der Waals surface area contributed by atoms with Gasteiger partial charge < -0.3 is 14.7 Å². The van der Waals surface area contributed by atoms with E-state index in [1.807, 2.05) is 30.3 Å². The largest absolute Gasteiger partial charge is 0.490 e. The van der Waals surface area contributed by atoms with Gasteiger partial charge in [0.05, 0.1) is 10.5 Å². The second-order valence-electron chi connectivity index (χ2n) is 6.25. The number of nitro groups is 1. The zero-order chi connectivity index (χ0) is 19.4. The normalized spacial score (nSPS) is 14.6. The van der Waals surface area contributed by atoms with E-state index in [-0.39, 0.29) is 17.2 Å². The van der Waals surface area contributed by atoms with Crippen LogP contribution in [0.2, 0.25) is 0 Å². The average Bonchev–Trinajstić information content (AvgIpc) is 2.68. The van der Waals surface area contributed by atoms with Crippen molar-refractivity contribution in [3.8, 4) is 5.75 Å². The van der Waals surface area contributed by atoms with Crippen LogP contribution >= 0.6 is 0 Å². The Kier molecular flexibility index (Phi) is 5.35. The Hall–Kier alpha value is -3.42. The Labute approximate surface area is 155 Å². The molecule has 0 atom stereocenters. The quantitative estimate of drug-likeness (QED) is 0.640. The lowest BCUT2D eigenvalue weighted by molar-refractivity contribution is -0.384. The SMILES string of the molecule is O=C(O)c1cc(C(=O)N2CCC(Oc3ccccc3)CC2)cc([N+](=O)[O-])c1. The van der Waals surface area contributed by atoms with Crippen molar-refractivity contribution in [3.63, 3.8) is 0 Å². The lowest BCUT2D eigenvalue weighted by Crippen LogP contribution is -2.41. The molecule has 2 aromatic rings. The van der Waals surface area contributed by atoms with Gasteiger partial charge in [0.1, 0.15) is 11.9 Å². The molecular weight excluding hydrogens is 352 g/mol. The minimum atomic E-state index is -1.32. The van der Waals surface area contributed by atoms with Crippen molar-refractivity contribution in [2.75, 3.05) is 13.1 Å². The number of ether oxygens (including phenoxy) is 1. The van der Waals surface area contributed by atoms with Gasteiger partial charge in [-0.05, 0) is 18.2 Å². The Bertz CT molecular complexity index is 828. The van der Waals surface area contributed by atoms with Crippen molar-refractivity contribution >= 4 is 17.6 Å². The molecule has 0 aromatic heterocycles. The minimum absolute atomic E-state index is 0.00373. The van der Waals surface area contributed by atoms with Gasteiger partial charge in [-0.2, -0.15) is 0 Å². The maximum Gasteiger partial charge on any atom is 0.335 e. The van der Waals surface area contributed by atoms with E-state index < -0.39 is 22.5 Å². The lowest BCUT2D eigenvalue weighted by atomic mass is 10.0. The van der Waals surface area contributed by atoms with E-state index >= 15 is 0 Å². The number of nitrogens with zero attached hydrogens (tertiary/aromatic N) is 2. The molecule has 0 unspecified atom stereocenters. The Morgan fingerprint density at radius 1 is 1.07 bits per heavy atom. The summed E-state index contributed by atoms with van der Waals surface area (Å²) in [6.07, 6.45) is 1.24. The van der Waals surface area contributed by atoms with Crippen LogP contribution in [0.25, 0.3) is 0 Å². The number of carboxylic acids is 1. The van der Waals surface area contributed by atoms with E-state index in [9.17, 15) is 19.7 Å². The van der Waals surface area contributed by atoms with Crippen molar-refractivity contribution in [1.82, 2.24) is 4.90 Å². The molecule has 1 aliphatic rings. The van der Waals surface area contributed by atoms with Crippen LogP contribution in [0.15, 0.2) is 48.5 Å². The third-order valence-electron chi connectivity index (χ3n) is 4.40. The van der Waals surface area contributed by atoms with Gasteiger partial charge in [0.25, 0.3) is 11.6 Å². The molecular formula is C19H18N2O6. The van der Waals surface area contributed by atoms with Crippen LogP contribution in [0.4, 0.5) is 5.69 Å². The van der Waals surface area contributed by atoms with Crippen LogP contribution in [0.5, 0.6) is 5.75 Å². The summed E-state index contributed by atoms with van der Waals surface area (Å²) in [5.41, 5.74) is -0.695. The molecule has 8 heteroatoms. The van der Waals surface area contributed by atoms with Gasteiger partial charge in [0, 0.05) is 43.6 Å². The number of likely N-dealkylation sites (tertiary alicyclic amines) is 1. The first kappa shape index (κ1) is 18.4. The first-order valence-electron chi connectivity index (χ1n) is 8.48. The molecule has 1 saturated heterocycles. The molecule has 0 radical (unpaired) electrons. The maximum atomic E-state index is 12.7. The molecule has 8 nitrogen and oxygen atoms in total. The Morgan fingerprint density at radius 3 is 2.30 bits per heavy atom. The molecule has 2 aromatic carbocycles. The van der Waals surface area contributed by atoms with Crippen molar-refractivity contribution in [1.29, 1.82) is 0 Å². The van der Waals surface area contributed by atoms with E-state index in [0.29, 0.717) is 25.9 Å². The van der Waals surface area contributed by atoms with Crippen molar-refractivity contribution in [3.05, 3.63) is 69.8 Å². The number of piperidine rings is 1. The summed E-state index contributed by atoms with van der Waals surface area (Å²) < 4.78 is 5.89. The molecule has 0 spiro atoms. The molecule has 1 heterocycles. The van der Waals surface area contributed by atoms with Crippen LogP contribution in [0, 0.1) is 10.1 Å². The Balaban J connectivity index is 1.68. The molecule has 3 rings (SSSR count). The number of rotatable bonds is 5. The minimum Gasteiger partial charge on any atom is -0.490 e. The number of para-hydroxylation sites is 1. The third-order valence-corrected chi connectivity index (χ3v) is 4.40. The summed E-state index contributed by atoms with van der Waals surface area (Å²) in [6, 6.07) is 12.6. The van der Waals surface area contributed by atoms with Gasteiger partial charge in [-0.15, -0.1) is 0 Å². The number of hydrogen-bond donors (Lipinski definition) is 1. The number of benzene rings is 2. The smallest absolute Gasteiger partial charge is 0.335 e. The second kappa shape index (κ2) is 7.86. The summed E-state index contributed by atoms with van der Waals surface area (Å²) in [5.74, 6) is -0.964. The number of non-ortho nitro benzene ring substituents is 1. The first-order chi connectivity index (χ1) is 12.9. The van der Waals surface area contributed by atoms with Crippen LogP contribution in [0.3, 0.4) is 0 Å². The summed E-state index contributed by atoms with van der Waals surface area (Å²) in [6.45, 7) is 0.864. The molecule has 0 bridgehead atoms. The van der Waals surface area contributed by atoms with Crippen molar-refractivity contribution in [2.24, 2.45) is 0 Å². The lowest BCUT2D eigenvalue weighted by Gasteiger charge is -2.32. The average molecular weight is 370 g/mol. The van der Waals surface area contributed by atoms with Gasteiger partial charge in [-0.3, -0.25) is 14.9 Å². The van der Waals surface area contributed by atoms with E-state index in [0.717, 1.165) is 17.9 Å². The fourth-order valence-electron chi connectivity index (χ4n) is 3.01. The monoisotopic (exact) mass is 370 g/mol. The highest BCUT2D eigenvalue weighted by molar-refractivity contribution is 5.98. The molecule has 0 saturated carbocycles. The standard InChI is InChI=1S/C19H18N2O6/c22-18(13-10-14(19(23)24)12-15(11-13)21(25)26)20-8-6-17(7-9-20)27-16-4-2-1-3-5-16/h1-5,10-12,17H,6-9H2,(H,23,24). The van der Waals surface area contributed by atoms with E-state index in [1.54, 1.807) is 4.90 Å². The molecule has 1 fully saturated rings. The number of hydrogen-bond acceptors (Lipinski definition) is 5. The molecule has 1 N–H and O–H groups in total. The number of aromatic carboxylic acids is 1. The fraction of sp³-hybridized carbons (Fsp3) is 0.263. The number of carbonyl (C=O) groups is 2. The van der Waals surface area contributed by atoms with Crippen LogP contribution < -0.4 is 4.74 Å². The topological polar surface area (TPSA) is 110 Å². The zero-order valence-electron chi connectivity index (χ0n) is 14.4. The van der Waals surface area contributed by atoms with Crippen LogP contribution in [0.1, 0.15) is 33.6 Å². The molecule has 1 amide bonds. The zero-order valence-corrected chi connectivity index (χ0v) is 14.4. The van der Waals surface area contributed by atoms with Crippen LogP contribution in [-0.4, -0.2) is 46.0 Å². The third kappa shape index (κ3) is 4.41. The Morgan fingerprint density at radius 2 is 1.70 bits per heavy atom. The highest BCUT2D eigenvalue weighted by Gasteiger charge is 2.26. The first-order valence-corrected chi connectivity index (χ1v) is 8.48. The molecule has 1 aliphatic heterocycles. The summed E-state index contributed by atoms with van der Waals surface area (Å²) >= 11 is 0. The predicted octanol–water partition coefficient (Wildman–Crippen LogP) is 2.98. The molecule has 0 aliphatic carbocycles. The maximum absolute atomic E-state index is 12.7. The van der Waals surface area contributed by atoms with E-state index in [1.165, 1.54) is 6.07 Å². The highest BCUT2D eigenvalue weighted by atomic mass is 16.6. The van der Waals surface area contributed by atoms with Crippen molar-refractivity contribution in [2.45, 2.75) is 18.9 Å². The number of carbonyl (C=O) groups excluding carboxylic acids is 1. The number of amides is 1. The summed E-state index contributed by atoms with van der Waals surface area (Å²) in [7, 11) is 0. The van der Waals surface area contributed by atoms with E-state index in [2.05, 4.69) is 0 Å². The van der Waals surface area contributed by atoms with Gasteiger partial charge >= 0.3 is 5.97 Å². The van der Waals surface area contributed by atoms with Gasteiger partial charge in [-0.1, -0.05) is 18.2 Å². The second-order valence-corrected chi connectivity index (χ2v) is 6.25. The summed E-state index contributed by atoms with van der Waals surface area (Å²) in [4.78, 5) is 35.7. The highest BCUT2D eigenvalue weighted by Crippen LogP contribution is 2.22. The van der Waals surface area contributed by atoms with Gasteiger partial charge in [0.15, 0.2) is 0 Å².